The second-order valence-corrected chi connectivity index (χ2v) is 10.4. The minimum absolute atomic E-state index is 0.388. The molecule has 2 aliphatic heterocycles. The van der Waals surface area contributed by atoms with E-state index in [1.165, 1.54) is 11.6 Å². The lowest BCUT2D eigenvalue weighted by Gasteiger charge is -2.38. The first-order valence-electron chi connectivity index (χ1n) is 13.2. The molecule has 0 amide bonds. The Hall–Kier alpha value is -3.44. The minimum atomic E-state index is -1.26. The van der Waals surface area contributed by atoms with Gasteiger partial charge in [0.2, 0.25) is 0 Å². The van der Waals surface area contributed by atoms with Crippen molar-refractivity contribution in [3.8, 4) is 5.75 Å². The maximum absolute atomic E-state index is 13.2. The molecular weight excluding hydrogens is 540 g/mol. The van der Waals surface area contributed by atoms with E-state index >= 15 is 0 Å². The maximum atomic E-state index is 13.2. The van der Waals surface area contributed by atoms with Gasteiger partial charge in [-0.3, -0.25) is 0 Å². The van der Waals surface area contributed by atoms with Crippen molar-refractivity contribution in [2.75, 3.05) is 33.3 Å². The molecule has 2 aromatic rings. The SMILES string of the molecule is CN(C1=Nc2ccccc2CS1)C1CCN(CCCCCOc2ccc(F)c(F)c2)CC1.O=C(O)/C=C/C(=O)O. The molecule has 0 radical (unpaired) electrons. The van der Waals surface area contributed by atoms with Gasteiger partial charge in [-0.1, -0.05) is 30.0 Å². The van der Waals surface area contributed by atoms with E-state index in [9.17, 15) is 18.4 Å². The van der Waals surface area contributed by atoms with E-state index in [0.29, 0.717) is 30.6 Å². The number of carbonyl (C=O) groups is 2. The highest BCUT2D eigenvalue weighted by atomic mass is 32.2. The lowest BCUT2D eigenvalue weighted by molar-refractivity contribution is -0.134. The Balaban J connectivity index is 0.000000482. The maximum Gasteiger partial charge on any atom is 0.328 e. The van der Waals surface area contributed by atoms with Crippen molar-refractivity contribution in [1.82, 2.24) is 9.80 Å². The number of aliphatic carboxylic acids is 2. The van der Waals surface area contributed by atoms with E-state index in [0.717, 1.165) is 80.5 Å². The van der Waals surface area contributed by atoms with Crippen molar-refractivity contribution in [3.05, 3.63) is 71.8 Å². The quantitative estimate of drug-likeness (QED) is 0.281. The molecule has 11 heteroatoms. The number of aliphatic imine (C=N–C) groups is 1. The van der Waals surface area contributed by atoms with Gasteiger partial charge in [0.1, 0.15) is 5.75 Å². The van der Waals surface area contributed by atoms with Gasteiger partial charge in [0.05, 0.1) is 12.3 Å². The van der Waals surface area contributed by atoms with Crippen LogP contribution in [-0.4, -0.2) is 76.4 Å². The van der Waals surface area contributed by atoms with Gasteiger partial charge in [-0.25, -0.2) is 23.4 Å². The summed E-state index contributed by atoms with van der Waals surface area (Å²) in [6, 6.07) is 12.6. The van der Waals surface area contributed by atoms with Crippen molar-refractivity contribution in [2.45, 2.75) is 43.9 Å². The number of nitrogens with zero attached hydrogens (tertiary/aromatic N) is 3. The first kappa shape index (κ1) is 31.1. The second-order valence-electron chi connectivity index (χ2n) is 9.49. The Morgan fingerprint density at radius 2 is 1.75 bits per heavy atom. The predicted molar refractivity (Wildman–Crippen MR) is 152 cm³/mol. The normalized spacial score (nSPS) is 15.5. The van der Waals surface area contributed by atoms with Crippen LogP contribution in [0.3, 0.4) is 0 Å². The van der Waals surface area contributed by atoms with Gasteiger partial charge in [-0.15, -0.1) is 0 Å². The molecule has 0 spiro atoms. The predicted octanol–water partition coefficient (Wildman–Crippen LogP) is 5.56. The van der Waals surface area contributed by atoms with Crippen LogP contribution in [0.25, 0.3) is 0 Å². The highest BCUT2D eigenvalue weighted by Gasteiger charge is 2.26. The molecule has 0 atom stereocenters. The van der Waals surface area contributed by atoms with Crippen LogP contribution in [0.5, 0.6) is 5.75 Å². The molecule has 0 saturated carbocycles. The standard InChI is InChI=1S/C25H31F2N3OS.C4H4O4/c1-29(25-28-24-8-4-3-7-19(24)18-32-25)20-11-14-30(15-12-20)13-5-2-6-16-31-21-9-10-22(26)23(27)17-21;5-3(6)1-2-4(7)8/h3-4,7-10,17,20H,2,5-6,11-16,18H2,1H3;1-2H,(H,5,6)(H,7,8)/b;2-1+. The molecule has 2 N–H and O–H groups in total. The van der Waals surface area contributed by atoms with Crippen molar-refractivity contribution < 1.29 is 33.3 Å². The van der Waals surface area contributed by atoms with Crippen LogP contribution in [0.1, 0.15) is 37.7 Å². The van der Waals surface area contributed by atoms with E-state index in [2.05, 4.69) is 41.1 Å². The molecule has 0 aromatic heterocycles. The van der Waals surface area contributed by atoms with Gasteiger partial charge in [0, 0.05) is 50.2 Å². The molecule has 216 valence electrons. The Morgan fingerprint density at radius 1 is 1.05 bits per heavy atom. The zero-order valence-corrected chi connectivity index (χ0v) is 23.3. The number of likely N-dealkylation sites (tertiary alicyclic amines) is 1. The Bertz CT molecular complexity index is 1190. The monoisotopic (exact) mass is 575 g/mol. The van der Waals surface area contributed by atoms with Crippen LogP contribution in [0.15, 0.2) is 59.6 Å². The number of hydrogen-bond donors (Lipinski definition) is 2. The zero-order valence-electron chi connectivity index (χ0n) is 22.5. The van der Waals surface area contributed by atoms with Crippen LogP contribution < -0.4 is 4.74 Å². The third-order valence-corrected chi connectivity index (χ3v) is 7.71. The van der Waals surface area contributed by atoms with Crippen LogP contribution in [0, 0.1) is 11.6 Å². The number of amidine groups is 1. The molecule has 8 nitrogen and oxygen atoms in total. The van der Waals surface area contributed by atoms with Gasteiger partial charge in [0.25, 0.3) is 0 Å². The molecule has 0 unspecified atom stereocenters. The fourth-order valence-electron chi connectivity index (χ4n) is 4.40. The lowest BCUT2D eigenvalue weighted by Crippen LogP contribution is -2.45. The minimum Gasteiger partial charge on any atom is -0.493 e. The summed E-state index contributed by atoms with van der Waals surface area (Å²) >= 11 is 1.84. The third-order valence-electron chi connectivity index (χ3n) is 6.62. The number of hydrogen-bond acceptors (Lipinski definition) is 7. The van der Waals surface area contributed by atoms with Crippen molar-refractivity contribution >= 4 is 34.6 Å². The second kappa shape index (κ2) is 16.0. The summed E-state index contributed by atoms with van der Waals surface area (Å²) in [5, 5.41) is 16.8. The number of halogens is 2. The van der Waals surface area contributed by atoms with Gasteiger partial charge in [-0.2, -0.15) is 0 Å². The molecule has 2 aliphatic rings. The summed E-state index contributed by atoms with van der Waals surface area (Å²) < 4.78 is 31.6. The average molecular weight is 576 g/mol. The van der Waals surface area contributed by atoms with E-state index in [-0.39, 0.29) is 0 Å². The topological polar surface area (TPSA) is 103 Å². The number of ether oxygens (including phenoxy) is 1. The summed E-state index contributed by atoms with van der Waals surface area (Å²) in [6.45, 7) is 3.87. The lowest BCUT2D eigenvalue weighted by atomic mass is 10.0. The first-order chi connectivity index (χ1) is 19.2. The fourth-order valence-corrected chi connectivity index (χ4v) is 5.44. The number of carboxylic acid groups (broad SMARTS) is 2. The molecule has 2 aromatic carbocycles. The third kappa shape index (κ3) is 10.3. The van der Waals surface area contributed by atoms with Crippen LogP contribution in [-0.2, 0) is 15.3 Å². The summed E-state index contributed by atoms with van der Waals surface area (Å²) in [7, 11) is 2.19. The van der Waals surface area contributed by atoms with Gasteiger partial charge in [-0.05, 0) is 62.4 Å². The summed E-state index contributed by atoms with van der Waals surface area (Å²) in [5.41, 5.74) is 2.43. The van der Waals surface area contributed by atoms with Crippen molar-refractivity contribution in [3.63, 3.8) is 0 Å². The molecule has 0 bridgehead atoms. The molecule has 2 heterocycles. The number of fused-ring (bicyclic) bond motifs is 1. The average Bonchev–Trinajstić information content (AvgIpc) is 2.95. The summed E-state index contributed by atoms with van der Waals surface area (Å²) in [5.74, 6) is -2.84. The Labute approximate surface area is 237 Å². The number of piperidine rings is 1. The number of unbranched alkanes of at least 4 members (excludes halogenated alkanes) is 2. The van der Waals surface area contributed by atoms with E-state index in [1.807, 2.05) is 11.8 Å². The highest BCUT2D eigenvalue weighted by molar-refractivity contribution is 8.13. The molecule has 4 rings (SSSR count). The molecule has 0 aliphatic carbocycles. The Kier molecular flexibility index (Phi) is 12.4. The number of thioether (sulfide) groups is 1. The van der Waals surface area contributed by atoms with Gasteiger partial charge in [0.15, 0.2) is 16.8 Å². The first-order valence-corrected chi connectivity index (χ1v) is 14.2. The summed E-state index contributed by atoms with van der Waals surface area (Å²) in [6.07, 6.45) is 6.55. The van der Waals surface area contributed by atoms with Crippen molar-refractivity contribution in [1.29, 1.82) is 0 Å². The van der Waals surface area contributed by atoms with E-state index < -0.39 is 23.6 Å². The number of benzene rings is 2. The number of carboxylic acids is 2. The van der Waals surface area contributed by atoms with Gasteiger partial charge >= 0.3 is 11.9 Å². The largest absolute Gasteiger partial charge is 0.493 e. The van der Waals surface area contributed by atoms with Crippen LogP contribution >= 0.6 is 11.8 Å². The van der Waals surface area contributed by atoms with Gasteiger partial charge < -0.3 is 24.7 Å². The number of para-hydroxylation sites is 1. The highest BCUT2D eigenvalue weighted by Crippen LogP contribution is 2.33. The zero-order chi connectivity index (χ0) is 28.9. The van der Waals surface area contributed by atoms with Crippen LogP contribution in [0.4, 0.5) is 14.5 Å². The molecular formula is C29H35F2N3O5S. The van der Waals surface area contributed by atoms with E-state index in [4.69, 9.17) is 19.9 Å². The molecule has 40 heavy (non-hydrogen) atoms. The fraction of sp³-hybridized carbons (Fsp3) is 0.414. The van der Waals surface area contributed by atoms with Crippen LogP contribution in [0.2, 0.25) is 0 Å². The Morgan fingerprint density at radius 3 is 2.42 bits per heavy atom. The smallest absolute Gasteiger partial charge is 0.328 e. The molecule has 1 fully saturated rings. The summed E-state index contributed by atoms with van der Waals surface area (Å²) in [4.78, 5) is 28.9. The number of rotatable bonds is 10. The molecule has 1 saturated heterocycles. The van der Waals surface area contributed by atoms with E-state index in [1.54, 1.807) is 0 Å². The van der Waals surface area contributed by atoms with Crippen molar-refractivity contribution in [2.24, 2.45) is 4.99 Å².